The van der Waals surface area contributed by atoms with Crippen LogP contribution in [-0.4, -0.2) is 54.0 Å². The fourth-order valence-corrected chi connectivity index (χ4v) is 6.95. The van der Waals surface area contributed by atoms with E-state index in [2.05, 4.69) is 28.3 Å². The summed E-state index contributed by atoms with van der Waals surface area (Å²) in [5.74, 6) is 0.245. The smallest absolute Gasteiger partial charge is 0.346 e. The zero-order chi connectivity index (χ0) is 25.1. The summed E-state index contributed by atoms with van der Waals surface area (Å²) in [5, 5.41) is 14.7. The molecular formula is C28H31N3O3S2. The van der Waals surface area contributed by atoms with E-state index in [1.54, 1.807) is 23.4 Å². The third kappa shape index (κ3) is 5.51. The van der Waals surface area contributed by atoms with Crippen LogP contribution in [0.4, 0.5) is 5.69 Å². The molecule has 188 valence electrons. The highest BCUT2D eigenvalue weighted by molar-refractivity contribution is 8.02. The van der Waals surface area contributed by atoms with E-state index in [0.29, 0.717) is 22.2 Å². The molecule has 0 spiro atoms. The fourth-order valence-electron chi connectivity index (χ4n) is 5.34. The third-order valence-electron chi connectivity index (χ3n) is 7.18. The number of anilines is 1. The first-order valence-corrected chi connectivity index (χ1v) is 14.4. The normalized spacial score (nSPS) is 19.3. The van der Waals surface area contributed by atoms with E-state index < -0.39 is 5.97 Å². The molecule has 1 aromatic carbocycles. The molecule has 0 saturated heterocycles. The van der Waals surface area contributed by atoms with Crippen LogP contribution < -0.4 is 5.32 Å². The molecule has 36 heavy (non-hydrogen) atoms. The lowest BCUT2D eigenvalue weighted by Crippen LogP contribution is -2.31. The van der Waals surface area contributed by atoms with Gasteiger partial charge in [-0.05, 0) is 67.1 Å². The molecule has 0 atom stereocenters. The predicted molar refractivity (Wildman–Crippen MR) is 150 cm³/mol. The Bertz CT molecular complexity index is 1240. The van der Waals surface area contributed by atoms with E-state index in [-0.39, 0.29) is 5.91 Å². The number of hydrogen-bond donors (Lipinski definition) is 2. The molecule has 3 heterocycles. The number of nitrogens with one attached hydrogen (secondary N) is 1. The van der Waals surface area contributed by atoms with Crippen molar-refractivity contribution in [2.75, 3.05) is 31.2 Å². The maximum Gasteiger partial charge on any atom is 0.346 e. The first-order valence-electron chi connectivity index (χ1n) is 12.5. The highest BCUT2D eigenvalue weighted by atomic mass is 32.2. The number of benzene rings is 1. The molecule has 0 bridgehead atoms. The first-order chi connectivity index (χ1) is 17.5. The van der Waals surface area contributed by atoms with Crippen LogP contribution >= 0.6 is 23.1 Å². The van der Waals surface area contributed by atoms with E-state index in [1.807, 2.05) is 24.3 Å². The molecule has 6 nitrogen and oxygen atoms in total. The van der Waals surface area contributed by atoms with E-state index in [4.69, 9.17) is 0 Å². The summed E-state index contributed by atoms with van der Waals surface area (Å²) in [6, 6.07) is 9.67. The lowest BCUT2D eigenvalue weighted by atomic mass is 9.78. The molecule has 2 aliphatic heterocycles. The number of carboxylic acid groups (broad SMARTS) is 1. The molecular weight excluding hydrogens is 490 g/mol. The van der Waals surface area contributed by atoms with Gasteiger partial charge < -0.3 is 15.3 Å². The van der Waals surface area contributed by atoms with Gasteiger partial charge in [-0.1, -0.05) is 31.4 Å². The van der Waals surface area contributed by atoms with Gasteiger partial charge in [0.15, 0.2) is 0 Å². The summed E-state index contributed by atoms with van der Waals surface area (Å²) in [4.78, 5) is 32.6. The van der Waals surface area contributed by atoms with E-state index >= 15 is 0 Å². The molecule has 0 radical (unpaired) electrons. The van der Waals surface area contributed by atoms with Gasteiger partial charge in [0.05, 0.1) is 0 Å². The van der Waals surface area contributed by atoms with E-state index in [0.717, 1.165) is 41.3 Å². The molecule has 0 unspecified atom stereocenters. The van der Waals surface area contributed by atoms with Crippen molar-refractivity contribution in [1.29, 1.82) is 0 Å². The number of carbonyl (C=O) groups excluding carboxylic acids is 1. The minimum absolute atomic E-state index is 0.234. The van der Waals surface area contributed by atoms with E-state index in [9.17, 15) is 14.7 Å². The second kappa shape index (κ2) is 11.2. The van der Waals surface area contributed by atoms with Crippen molar-refractivity contribution in [2.24, 2.45) is 10.9 Å². The lowest BCUT2D eigenvalue weighted by Gasteiger charge is -2.34. The van der Waals surface area contributed by atoms with Gasteiger partial charge in [-0.3, -0.25) is 9.79 Å². The number of aliphatic imine (C=N–C) groups is 1. The van der Waals surface area contributed by atoms with Crippen molar-refractivity contribution in [3.8, 4) is 10.4 Å². The number of likely N-dealkylation sites (N-methyl/N-ethyl adjacent to an activating group) is 1. The molecule has 1 aliphatic carbocycles. The second-order valence-corrected chi connectivity index (χ2v) is 11.6. The van der Waals surface area contributed by atoms with Gasteiger partial charge in [-0.2, -0.15) is 0 Å². The highest BCUT2D eigenvalue weighted by Crippen LogP contribution is 2.42. The minimum atomic E-state index is -0.862. The maximum absolute atomic E-state index is 12.4. The minimum Gasteiger partial charge on any atom is -0.477 e. The van der Waals surface area contributed by atoms with Crippen molar-refractivity contribution in [1.82, 2.24) is 4.90 Å². The van der Waals surface area contributed by atoms with Crippen LogP contribution in [0.2, 0.25) is 0 Å². The number of rotatable bonds is 6. The Labute approximate surface area is 220 Å². The topological polar surface area (TPSA) is 82.0 Å². The van der Waals surface area contributed by atoms with Crippen molar-refractivity contribution >= 4 is 52.5 Å². The number of nitrogens with zero attached hydrogens (tertiary/aromatic N) is 2. The molecule has 1 aromatic heterocycles. The van der Waals surface area contributed by atoms with Gasteiger partial charge in [0.1, 0.15) is 10.6 Å². The van der Waals surface area contributed by atoms with Gasteiger partial charge >= 0.3 is 5.97 Å². The Morgan fingerprint density at radius 2 is 1.92 bits per heavy atom. The van der Waals surface area contributed by atoms with Gasteiger partial charge in [0, 0.05) is 46.6 Å². The predicted octanol–water partition coefficient (Wildman–Crippen LogP) is 6.38. The van der Waals surface area contributed by atoms with E-state index in [1.165, 1.54) is 54.6 Å². The number of aromatic carboxylic acids is 1. The Morgan fingerprint density at radius 1 is 1.14 bits per heavy atom. The third-order valence-corrected chi connectivity index (χ3v) is 9.08. The summed E-state index contributed by atoms with van der Waals surface area (Å²) >= 11 is 2.88. The van der Waals surface area contributed by atoms with Crippen molar-refractivity contribution in [3.63, 3.8) is 0 Å². The monoisotopic (exact) mass is 521 g/mol. The summed E-state index contributed by atoms with van der Waals surface area (Å²) in [6.45, 7) is 1.88. The molecule has 1 fully saturated rings. The Hall–Kier alpha value is -2.68. The van der Waals surface area contributed by atoms with Crippen LogP contribution in [0, 0.1) is 5.92 Å². The van der Waals surface area contributed by atoms with Crippen LogP contribution in [0.1, 0.15) is 53.8 Å². The van der Waals surface area contributed by atoms with Gasteiger partial charge in [-0.25, -0.2) is 4.79 Å². The Kier molecular flexibility index (Phi) is 7.74. The van der Waals surface area contributed by atoms with Crippen molar-refractivity contribution in [2.45, 2.75) is 38.5 Å². The van der Waals surface area contributed by atoms with Crippen molar-refractivity contribution in [3.05, 3.63) is 57.5 Å². The summed E-state index contributed by atoms with van der Waals surface area (Å²) < 4.78 is 0. The molecule has 2 N–H and O–H groups in total. The average Bonchev–Trinajstić information content (AvgIpc) is 3.36. The molecule has 3 aliphatic rings. The number of hydrogen-bond acceptors (Lipinski definition) is 6. The number of amides is 1. The quantitative estimate of drug-likeness (QED) is 0.461. The average molecular weight is 522 g/mol. The molecule has 1 amide bonds. The van der Waals surface area contributed by atoms with Crippen LogP contribution in [0.25, 0.3) is 16.0 Å². The zero-order valence-corrected chi connectivity index (χ0v) is 22.1. The molecule has 2 aromatic rings. The fraction of sp³-hybridized carbons (Fsp3) is 0.393. The lowest BCUT2D eigenvalue weighted by molar-refractivity contribution is -0.112. The van der Waals surface area contributed by atoms with Gasteiger partial charge in [-0.15, -0.1) is 23.1 Å². The largest absolute Gasteiger partial charge is 0.477 e. The molecule has 8 heteroatoms. The number of carbonyl (C=O) groups is 2. The number of carboxylic acids is 1. The number of thiophene rings is 1. The standard InChI is InChI=1S/C28H31N3O3S2/c1-31-13-11-21(23(16-31)18-5-3-2-4-6-18)22-15-25(36-26(22)28(33)34)19-7-9-20(10-8-19)30-27(32)24-17-35-14-12-29-24/h7-10,12,15,17-18H,2-6,11,13-14,16H2,1H3,(H,30,32)(H,33,34). The van der Waals surface area contributed by atoms with Crippen LogP contribution in [-0.2, 0) is 4.79 Å². The number of thioether (sulfide) groups is 1. The van der Waals surface area contributed by atoms with Crippen LogP contribution in [0.15, 0.2) is 52.0 Å². The summed E-state index contributed by atoms with van der Waals surface area (Å²) in [5.41, 5.74) is 5.64. The zero-order valence-electron chi connectivity index (χ0n) is 20.5. The highest BCUT2D eigenvalue weighted by Gasteiger charge is 2.29. The maximum atomic E-state index is 12.4. The Morgan fingerprint density at radius 3 is 2.61 bits per heavy atom. The first kappa shape index (κ1) is 25.0. The van der Waals surface area contributed by atoms with Crippen molar-refractivity contribution < 1.29 is 14.7 Å². The van der Waals surface area contributed by atoms with Crippen LogP contribution in [0.5, 0.6) is 0 Å². The Balaban J connectivity index is 1.43. The SMILES string of the molecule is CN1CCC(c2cc(-c3ccc(NC(=O)C4=CSCC=N4)cc3)sc2C(=O)O)=C(C2CCCCC2)C1. The molecule has 1 saturated carbocycles. The van der Waals surface area contributed by atoms with Crippen LogP contribution in [0.3, 0.4) is 0 Å². The second-order valence-electron chi connectivity index (χ2n) is 9.66. The van der Waals surface area contributed by atoms with Gasteiger partial charge in [0.2, 0.25) is 0 Å². The van der Waals surface area contributed by atoms with Gasteiger partial charge in [0.25, 0.3) is 5.91 Å². The summed E-state index contributed by atoms with van der Waals surface area (Å²) in [6.07, 6.45) is 8.86. The molecule has 5 rings (SSSR count). The summed E-state index contributed by atoms with van der Waals surface area (Å²) in [7, 11) is 2.16.